The van der Waals surface area contributed by atoms with Crippen LogP contribution in [0.15, 0.2) is 60.0 Å². The molecule has 0 radical (unpaired) electrons. The monoisotopic (exact) mass is 391 g/mol. The summed E-state index contributed by atoms with van der Waals surface area (Å²) in [6.07, 6.45) is 0.494. The summed E-state index contributed by atoms with van der Waals surface area (Å²) in [6, 6.07) is 15.3. The molecule has 0 amide bonds. The SMILES string of the molecule is O=S(=O)(CCc1ccccc1)Cc1csc(COc2ccc(F)cc2)n1. The molecule has 0 unspecified atom stereocenters. The lowest BCUT2D eigenvalue weighted by Crippen LogP contribution is -2.12. The van der Waals surface area contributed by atoms with Crippen LogP contribution in [0.25, 0.3) is 0 Å². The fourth-order valence-electron chi connectivity index (χ4n) is 2.37. The van der Waals surface area contributed by atoms with Crippen LogP contribution in [-0.4, -0.2) is 19.2 Å². The van der Waals surface area contributed by atoms with Crippen molar-refractivity contribution in [1.29, 1.82) is 0 Å². The lowest BCUT2D eigenvalue weighted by atomic mass is 10.2. The lowest BCUT2D eigenvalue weighted by molar-refractivity contribution is 0.305. The molecule has 0 aliphatic carbocycles. The molecule has 0 bridgehead atoms. The van der Waals surface area contributed by atoms with E-state index in [1.807, 2.05) is 30.3 Å². The van der Waals surface area contributed by atoms with E-state index in [1.54, 1.807) is 5.38 Å². The number of halogens is 1. The summed E-state index contributed by atoms with van der Waals surface area (Å²) in [7, 11) is -3.23. The minimum atomic E-state index is -3.23. The number of aromatic nitrogens is 1. The second-order valence-corrected chi connectivity index (χ2v) is 8.93. The summed E-state index contributed by atoms with van der Waals surface area (Å²) < 4.78 is 43.0. The Balaban J connectivity index is 1.52. The van der Waals surface area contributed by atoms with Crippen molar-refractivity contribution in [3.8, 4) is 5.75 Å². The molecule has 4 nitrogen and oxygen atoms in total. The zero-order chi connectivity index (χ0) is 18.4. The Morgan fingerprint density at radius 1 is 1.04 bits per heavy atom. The summed E-state index contributed by atoms with van der Waals surface area (Å²) in [5, 5.41) is 2.42. The Morgan fingerprint density at radius 2 is 1.77 bits per heavy atom. The zero-order valence-corrected chi connectivity index (χ0v) is 15.6. The van der Waals surface area contributed by atoms with Gasteiger partial charge in [-0.2, -0.15) is 0 Å². The Labute approximate surface area is 156 Å². The summed E-state index contributed by atoms with van der Waals surface area (Å²) in [5.74, 6) is 0.233. The molecule has 0 atom stereocenters. The molecule has 0 aliphatic rings. The van der Waals surface area contributed by atoms with Crippen LogP contribution in [0.4, 0.5) is 4.39 Å². The van der Waals surface area contributed by atoms with Gasteiger partial charge in [-0.3, -0.25) is 0 Å². The Bertz CT molecular complexity index is 938. The van der Waals surface area contributed by atoms with Gasteiger partial charge in [0.05, 0.1) is 17.2 Å². The predicted octanol–water partition coefficient (Wildman–Crippen LogP) is 4.02. The van der Waals surface area contributed by atoms with E-state index < -0.39 is 9.84 Å². The molecule has 1 aromatic heterocycles. The third-order valence-corrected chi connectivity index (χ3v) is 6.12. The van der Waals surface area contributed by atoms with Crippen LogP contribution in [-0.2, 0) is 28.6 Å². The number of hydrogen-bond acceptors (Lipinski definition) is 5. The minimum absolute atomic E-state index is 0.0765. The molecule has 0 saturated heterocycles. The maximum Gasteiger partial charge on any atom is 0.156 e. The van der Waals surface area contributed by atoms with E-state index in [4.69, 9.17) is 4.74 Å². The maximum atomic E-state index is 12.9. The van der Waals surface area contributed by atoms with Gasteiger partial charge in [-0.1, -0.05) is 30.3 Å². The fraction of sp³-hybridized carbons (Fsp3) is 0.211. The van der Waals surface area contributed by atoms with Gasteiger partial charge in [0.15, 0.2) is 9.84 Å². The highest BCUT2D eigenvalue weighted by atomic mass is 32.2. The Hall–Kier alpha value is -2.25. The van der Waals surface area contributed by atoms with Crippen LogP contribution < -0.4 is 4.74 Å². The van der Waals surface area contributed by atoms with Gasteiger partial charge >= 0.3 is 0 Å². The van der Waals surface area contributed by atoms with Crippen LogP contribution >= 0.6 is 11.3 Å². The Morgan fingerprint density at radius 3 is 2.50 bits per heavy atom. The molecule has 26 heavy (non-hydrogen) atoms. The molecule has 7 heteroatoms. The van der Waals surface area contributed by atoms with Crippen molar-refractivity contribution in [3.05, 3.63) is 82.1 Å². The first-order valence-corrected chi connectivity index (χ1v) is 10.8. The molecule has 136 valence electrons. The van der Waals surface area contributed by atoms with Crippen LogP contribution in [0, 0.1) is 5.82 Å². The average molecular weight is 391 g/mol. The first-order chi connectivity index (χ1) is 12.5. The quantitative estimate of drug-likeness (QED) is 0.582. The number of nitrogens with zero attached hydrogens (tertiary/aromatic N) is 1. The smallest absolute Gasteiger partial charge is 0.156 e. The number of thiazole rings is 1. The van der Waals surface area contributed by atoms with E-state index in [1.165, 1.54) is 35.6 Å². The van der Waals surface area contributed by atoms with Gasteiger partial charge in [-0.15, -0.1) is 11.3 Å². The van der Waals surface area contributed by atoms with Crippen LogP contribution in [0.3, 0.4) is 0 Å². The van der Waals surface area contributed by atoms with Crippen molar-refractivity contribution >= 4 is 21.2 Å². The van der Waals surface area contributed by atoms with E-state index >= 15 is 0 Å². The molecule has 0 aliphatic heterocycles. The van der Waals surface area contributed by atoms with Crippen molar-refractivity contribution in [2.75, 3.05) is 5.75 Å². The highest BCUT2D eigenvalue weighted by Crippen LogP contribution is 2.17. The summed E-state index contributed by atoms with van der Waals surface area (Å²) in [4.78, 5) is 4.32. The molecular formula is C19H18FNO3S2. The topological polar surface area (TPSA) is 56.3 Å². The highest BCUT2D eigenvalue weighted by molar-refractivity contribution is 7.90. The van der Waals surface area contributed by atoms with E-state index in [-0.39, 0.29) is 23.9 Å². The summed E-state index contributed by atoms with van der Waals surface area (Å²) in [5.41, 5.74) is 1.53. The summed E-state index contributed by atoms with van der Waals surface area (Å²) in [6.45, 7) is 0.223. The van der Waals surface area contributed by atoms with E-state index in [2.05, 4.69) is 4.98 Å². The standard InChI is InChI=1S/C19H18FNO3S2/c20-16-6-8-18(9-7-16)24-12-19-21-17(13-25-19)14-26(22,23)11-10-15-4-2-1-3-5-15/h1-9,13H,10-12,14H2. The number of ether oxygens (including phenoxy) is 1. The number of hydrogen-bond donors (Lipinski definition) is 0. The van der Waals surface area contributed by atoms with Gasteiger partial charge in [-0.05, 0) is 36.2 Å². The van der Waals surface area contributed by atoms with Gasteiger partial charge in [0, 0.05) is 5.38 Å². The predicted molar refractivity (Wildman–Crippen MR) is 100 cm³/mol. The zero-order valence-electron chi connectivity index (χ0n) is 14.0. The lowest BCUT2D eigenvalue weighted by Gasteiger charge is -2.04. The van der Waals surface area contributed by atoms with Gasteiger partial charge in [-0.25, -0.2) is 17.8 Å². The third kappa shape index (κ3) is 5.64. The average Bonchev–Trinajstić information content (AvgIpc) is 3.07. The van der Waals surface area contributed by atoms with Gasteiger partial charge in [0.2, 0.25) is 0 Å². The Kier molecular flexibility index (Phi) is 6.00. The molecule has 3 aromatic rings. The number of sulfone groups is 1. The molecule has 0 fully saturated rings. The maximum absolute atomic E-state index is 12.9. The minimum Gasteiger partial charge on any atom is -0.486 e. The molecule has 2 aromatic carbocycles. The van der Waals surface area contributed by atoms with Gasteiger partial charge in [0.1, 0.15) is 23.2 Å². The van der Waals surface area contributed by atoms with Crippen molar-refractivity contribution in [1.82, 2.24) is 4.98 Å². The molecular weight excluding hydrogens is 373 g/mol. The van der Waals surface area contributed by atoms with E-state index in [9.17, 15) is 12.8 Å². The number of rotatable bonds is 8. The van der Waals surface area contributed by atoms with E-state index in [0.717, 1.165) is 5.56 Å². The van der Waals surface area contributed by atoms with Crippen molar-refractivity contribution in [2.45, 2.75) is 18.8 Å². The van der Waals surface area contributed by atoms with Crippen LogP contribution in [0.2, 0.25) is 0 Å². The van der Waals surface area contributed by atoms with Crippen LogP contribution in [0.5, 0.6) is 5.75 Å². The molecule has 0 saturated carbocycles. The summed E-state index contributed by atoms with van der Waals surface area (Å²) >= 11 is 1.35. The number of benzene rings is 2. The normalized spacial score (nSPS) is 11.4. The van der Waals surface area contributed by atoms with Crippen molar-refractivity contribution < 1.29 is 17.5 Å². The molecule has 0 N–H and O–H groups in total. The molecule has 1 heterocycles. The number of aryl methyl sites for hydroxylation is 1. The van der Waals surface area contributed by atoms with Crippen molar-refractivity contribution in [2.24, 2.45) is 0 Å². The second-order valence-electron chi connectivity index (χ2n) is 5.80. The first kappa shape index (κ1) is 18.5. The third-order valence-electron chi connectivity index (χ3n) is 3.69. The largest absolute Gasteiger partial charge is 0.486 e. The van der Waals surface area contributed by atoms with E-state index in [0.29, 0.717) is 22.9 Å². The molecule has 0 spiro atoms. The highest BCUT2D eigenvalue weighted by Gasteiger charge is 2.15. The first-order valence-electron chi connectivity index (χ1n) is 8.06. The van der Waals surface area contributed by atoms with Gasteiger partial charge < -0.3 is 4.74 Å². The van der Waals surface area contributed by atoms with Crippen molar-refractivity contribution in [3.63, 3.8) is 0 Å². The van der Waals surface area contributed by atoms with Crippen LogP contribution in [0.1, 0.15) is 16.3 Å². The molecule has 3 rings (SSSR count). The fourth-order valence-corrected chi connectivity index (χ4v) is 4.47. The second kappa shape index (κ2) is 8.42. The van der Waals surface area contributed by atoms with Gasteiger partial charge in [0.25, 0.3) is 0 Å².